The maximum atomic E-state index is 13.2. The van der Waals surface area contributed by atoms with Gasteiger partial charge in [-0.05, 0) is 56.2 Å². The van der Waals surface area contributed by atoms with Crippen LogP contribution in [-0.4, -0.2) is 8.42 Å². The Morgan fingerprint density at radius 1 is 0.731 bits per heavy atom. The van der Waals surface area contributed by atoms with E-state index in [1.807, 2.05) is 93.6 Å². The highest BCUT2D eigenvalue weighted by Gasteiger charge is 2.24. The fourth-order valence-electron chi connectivity index (χ4n) is 3.17. The van der Waals surface area contributed by atoms with Crippen molar-refractivity contribution in [2.24, 2.45) is 0 Å². The molecule has 4 nitrogen and oxygen atoms in total. The predicted molar refractivity (Wildman–Crippen MR) is 106 cm³/mol. The molecule has 0 saturated heterocycles. The van der Waals surface area contributed by atoms with E-state index >= 15 is 0 Å². The van der Waals surface area contributed by atoms with Crippen molar-refractivity contribution in [1.82, 2.24) is 4.83 Å². The van der Waals surface area contributed by atoms with E-state index in [9.17, 15) is 8.42 Å². The second-order valence-electron chi connectivity index (χ2n) is 6.33. The Kier molecular flexibility index (Phi) is 5.11. The van der Waals surface area contributed by atoms with Gasteiger partial charge < -0.3 is 0 Å². The number of nitrogens with one attached hydrogen (secondary N) is 1. The van der Waals surface area contributed by atoms with E-state index in [1.165, 1.54) is 0 Å². The third kappa shape index (κ3) is 3.79. The Balaban J connectivity index is 2.07. The minimum atomic E-state index is -3.76. The number of hydrogen-bond donors (Lipinski definition) is 1. The van der Waals surface area contributed by atoms with Crippen LogP contribution in [0, 0.1) is 20.8 Å². The van der Waals surface area contributed by atoms with Gasteiger partial charge in [0, 0.05) is 0 Å². The van der Waals surface area contributed by atoms with Crippen molar-refractivity contribution in [1.29, 1.82) is 0 Å². The number of benzene rings is 3. The van der Waals surface area contributed by atoms with Crippen LogP contribution in [0.25, 0.3) is 0 Å². The van der Waals surface area contributed by atoms with Crippen LogP contribution < -0.4 is 9.84 Å². The minimum absolute atomic E-state index is 0.319. The van der Waals surface area contributed by atoms with Gasteiger partial charge in [0.05, 0.1) is 16.3 Å². The highest BCUT2D eigenvalue weighted by Crippen LogP contribution is 2.27. The molecule has 0 saturated carbocycles. The summed E-state index contributed by atoms with van der Waals surface area (Å²) in [5, 5.41) is 1.59. The molecule has 0 amide bonds. The van der Waals surface area contributed by atoms with Gasteiger partial charge in [0.25, 0.3) is 10.0 Å². The molecule has 0 fully saturated rings. The van der Waals surface area contributed by atoms with Crippen molar-refractivity contribution >= 4 is 21.4 Å². The standard InChI is InChI=1S/C21H22N2O2S/c1-16-14-17(2)21(18(3)15-16)26(24,25)22-23(19-10-6-4-7-11-19)20-12-8-5-9-13-20/h4-15,22H,1-3H3. The first kappa shape index (κ1) is 18.2. The highest BCUT2D eigenvalue weighted by molar-refractivity contribution is 7.89. The normalized spacial score (nSPS) is 11.3. The lowest BCUT2D eigenvalue weighted by Crippen LogP contribution is -2.39. The van der Waals surface area contributed by atoms with E-state index in [1.54, 1.807) is 5.01 Å². The lowest BCUT2D eigenvalue weighted by Gasteiger charge is -2.26. The molecule has 1 N–H and O–H groups in total. The zero-order valence-electron chi connectivity index (χ0n) is 15.1. The largest absolute Gasteiger partial charge is 0.263 e. The molecule has 0 aliphatic rings. The molecule has 0 aliphatic carbocycles. The third-order valence-electron chi connectivity index (χ3n) is 4.11. The van der Waals surface area contributed by atoms with Crippen LogP contribution in [-0.2, 0) is 10.0 Å². The van der Waals surface area contributed by atoms with E-state index in [0.29, 0.717) is 4.90 Å². The molecule has 0 spiro atoms. The molecular weight excluding hydrogens is 344 g/mol. The molecule has 0 heterocycles. The van der Waals surface area contributed by atoms with Gasteiger partial charge in [-0.2, -0.15) is 0 Å². The van der Waals surface area contributed by atoms with Crippen LogP contribution in [0.4, 0.5) is 11.4 Å². The predicted octanol–water partition coefficient (Wildman–Crippen LogP) is 4.64. The van der Waals surface area contributed by atoms with Gasteiger partial charge in [-0.3, -0.25) is 5.01 Å². The van der Waals surface area contributed by atoms with Crippen molar-refractivity contribution in [2.75, 3.05) is 5.01 Å². The van der Waals surface area contributed by atoms with Gasteiger partial charge >= 0.3 is 0 Å². The van der Waals surface area contributed by atoms with Crippen LogP contribution in [0.1, 0.15) is 16.7 Å². The first-order chi connectivity index (χ1) is 12.4. The fraction of sp³-hybridized carbons (Fsp3) is 0.143. The molecule has 5 heteroatoms. The maximum Gasteiger partial charge on any atom is 0.258 e. The van der Waals surface area contributed by atoms with Crippen LogP contribution in [0.2, 0.25) is 0 Å². The molecule has 0 atom stereocenters. The molecule has 3 aromatic rings. The zero-order valence-corrected chi connectivity index (χ0v) is 15.9. The average Bonchev–Trinajstić information content (AvgIpc) is 2.60. The lowest BCUT2D eigenvalue weighted by atomic mass is 10.1. The van der Waals surface area contributed by atoms with Gasteiger partial charge in [-0.25, -0.2) is 8.42 Å². The van der Waals surface area contributed by atoms with Crippen LogP contribution in [0.15, 0.2) is 77.7 Å². The zero-order chi connectivity index (χ0) is 18.7. The van der Waals surface area contributed by atoms with Gasteiger partial charge in [0.1, 0.15) is 0 Å². The fourth-order valence-corrected chi connectivity index (χ4v) is 4.67. The number of aryl methyl sites for hydroxylation is 3. The number of hydrazine groups is 1. The molecule has 3 rings (SSSR count). The summed E-state index contributed by atoms with van der Waals surface area (Å²) in [5.41, 5.74) is 3.99. The summed E-state index contributed by atoms with van der Waals surface area (Å²) in [7, 11) is -3.76. The number of sulfonamides is 1. The Morgan fingerprint density at radius 3 is 1.58 bits per heavy atom. The summed E-state index contributed by atoms with van der Waals surface area (Å²) >= 11 is 0. The Labute approximate surface area is 155 Å². The first-order valence-electron chi connectivity index (χ1n) is 8.39. The molecule has 26 heavy (non-hydrogen) atoms. The van der Waals surface area contributed by atoms with Gasteiger partial charge in [0.2, 0.25) is 0 Å². The third-order valence-corrected chi connectivity index (χ3v) is 5.72. The van der Waals surface area contributed by atoms with E-state index in [0.717, 1.165) is 28.1 Å². The smallest absolute Gasteiger partial charge is 0.258 e. The Bertz CT molecular complexity index is 938. The minimum Gasteiger partial charge on any atom is -0.263 e. The summed E-state index contributed by atoms with van der Waals surface area (Å²) in [6.45, 7) is 5.61. The number of para-hydroxylation sites is 2. The number of nitrogens with zero attached hydrogens (tertiary/aromatic N) is 1. The summed E-state index contributed by atoms with van der Waals surface area (Å²) in [4.78, 5) is 3.07. The number of rotatable bonds is 5. The first-order valence-corrected chi connectivity index (χ1v) is 9.87. The lowest BCUT2D eigenvalue weighted by molar-refractivity contribution is 0.581. The summed E-state index contributed by atoms with van der Waals surface area (Å²) in [5.74, 6) is 0. The molecule has 0 radical (unpaired) electrons. The Morgan fingerprint density at radius 2 is 1.15 bits per heavy atom. The second-order valence-corrected chi connectivity index (χ2v) is 7.93. The monoisotopic (exact) mass is 366 g/mol. The van der Waals surface area contributed by atoms with Gasteiger partial charge in [0.15, 0.2) is 0 Å². The van der Waals surface area contributed by atoms with Crippen LogP contribution >= 0.6 is 0 Å². The SMILES string of the molecule is Cc1cc(C)c(S(=O)(=O)NN(c2ccccc2)c2ccccc2)c(C)c1. The van der Waals surface area contributed by atoms with Crippen LogP contribution in [0.5, 0.6) is 0 Å². The molecule has 0 unspecified atom stereocenters. The molecule has 0 aromatic heterocycles. The number of hydrogen-bond acceptors (Lipinski definition) is 3. The Hall–Kier alpha value is -2.63. The van der Waals surface area contributed by atoms with E-state index in [2.05, 4.69) is 4.83 Å². The average molecular weight is 366 g/mol. The second kappa shape index (κ2) is 7.32. The molecule has 3 aromatic carbocycles. The molecule has 134 valence electrons. The van der Waals surface area contributed by atoms with Crippen molar-refractivity contribution < 1.29 is 8.42 Å². The number of anilines is 2. The van der Waals surface area contributed by atoms with Gasteiger partial charge in [-0.1, -0.05) is 54.1 Å². The quantitative estimate of drug-likeness (QED) is 0.669. The topological polar surface area (TPSA) is 49.4 Å². The van der Waals surface area contributed by atoms with E-state index in [4.69, 9.17) is 0 Å². The summed E-state index contributed by atoms with van der Waals surface area (Å²) < 4.78 is 26.4. The molecular formula is C21H22N2O2S. The molecule has 0 aliphatic heterocycles. The highest BCUT2D eigenvalue weighted by atomic mass is 32.2. The molecule has 0 bridgehead atoms. The van der Waals surface area contributed by atoms with E-state index < -0.39 is 10.0 Å². The summed E-state index contributed by atoms with van der Waals surface area (Å²) in [6.07, 6.45) is 0. The van der Waals surface area contributed by atoms with Crippen molar-refractivity contribution in [3.63, 3.8) is 0 Å². The van der Waals surface area contributed by atoms with Gasteiger partial charge in [-0.15, -0.1) is 4.83 Å². The summed E-state index contributed by atoms with van der Waals surface area (Å²) in [6, 6.07) is 22.5. The van der Waals surface area contributed by atoms with Crippen LogP contribution in [0.3, 0.4) is 0 Å². The maximum absolute atomic E-state index is 13.2. The van der Waals surface area contributed by atoms with E-state index in [-0.39, 0.29) is 0 Å². The van der Waals surface area contributed by atoms with Crippen molar-refractivity contribution in [2.45, 2.75) is 25.7 Å². The van der Waals surface area contributed by atoms with Crippen molar-refractivity contribution in [3.05, 3.63) is 89.5 Å². The van der Waals surface area contributed by atoms with Crippen molar-refractivity contribution in [3.8, 4) is 0 Å².